The quantitative estimate of drug-likeness (QED) is 0.740. The van der Waals surface area contributed by atoms with Crippen molar-refractivity contribution in [1.82, 2.24) is 5.32 Å². The molecule has 0 heterocycles. The molecule has 19 heavy (non-hydrogen) atoms. The van der Waals surface area contributed by atoms with Crippen LogP contribution in [0.15, 0.2) is 24.3 Å². The van der Waals surface area contributed by atoms with Crippen molar-refractivity contribution < 1.29 is 9.47 Å². The summed E-state index contributed by atoms with van der Waals surface area (Å²) in [6, 6.07) is 8.38. The average Bonchev–Trinajstić information content (AvgIpc) is 2.40. The minimum absolute atomic E-state index is 0.185. The van der Waals surface area contributed by atoms with E-state index in [1.54, 1.807) is 0 Å². The maximum absolute atomic E-state index is 5.77. The summed E-state index contributed by atoms with van der Waals surface area (Å²) >= 11 is 0. The van der Waals surface area contributed by atoms with Crippen LogP contribution in [-0.2, 0) is 4.74 Å². The maximum Gasteiger partial charge on any atom is 0.124 e. The molecule has 0 spiro atoms. The number of hydrogen-bond donors (Lipinski definition) is 1. The number of hydrogen-bond acceptors (Lipinski definition) is 3. The van der Waals surface area contributed by atoms with Gasteiger partial charge in [0.1, 0.15) is 5.75 Å². The van der Waals surface area contributed by atoms with E-state index in [1.165, 1.54) is 5.56 Å². The van der Waals surface area contributed by atoms with Crippen molar-refractivity contribution >= 4 is 0 Å². The van der Waals surface area contributed by atoms with Gasteiger partial charge in [0.15, 0.2) is 0 Å². The van der Waals surface area contributed by atoms with Crippen LogP contribution in [-0.4, -0.2) is 25.9 Å². The molecule has 0 aliphatic rings. The van der Waals surface area contributed by atoms with Gasteiger partial charge in [-0.25, -0.2) is 0 Å². The predicted molar refractivity (Wildman–Crippen MR) is 79.7 cm³/mol. The molecule has 108 valence electrons. The second-order valence-corrected chi connectivity index (χ2v) is 4.86. The Balaban J connectivity index is 2.82. The van der Waals surface area contributed by atoms with Crippen LogP contribution in [0.4, 0.5) is 0 Å². The molecule has 1 rings (SSSR count). The van der Waals surface area contributed by atoms with Crippen molar-refractivity contribution in [3.05, 3.63) is 29.8 Å². The summed E-state index contributed by atoms with van der Waals surface area (Å²) < 4.78 is 11.5. The number of rotatable bonds is 9. The fraction of sp³-hybridized carbons (Fsp3) is 0.625. The first-order chi connectivity index (χ1) is 9.19. The Morgan fingerprint density at radius 1 is 1.16 bits per heavy atom. The molecule has 0 bridgehead atoms. The number of benzene rings is 1. The summed E-state index contributed by atoms with van der Waals surface area (Å²) in [5.41, 5.74) is 1.18. The van der Waals surface area contributed by atoms with E-state index in [0.717, 1.165) is 18.7 Å². The van der Waals surface area contributed by atoms with Gasteiger partial charge in [-0.3, -0.25) is 0 Å². The van der Waals surface area contributed by atoms with E-state index in [2.05, 4.69) is 32.2 Å². The number of para-hydroxylation sites is 1. The normalized spacial score (nSPS) is 12.7. The van der Waals surface area contributed by atoms with Crippen LogP contribution in [0.1, 0.15) is 45.7 Å². The molecule has 3 nitrogen and oxygen atoms in total. The molecule has 0 aromatic heterocycles. The van der Waals surface area contributed by atoms with Gasteiger partial charge in [0.2, 0.25) is 0 Å². The average molecular weight is 265 g/mol. The highest BCUT2D eigenvalue weighted by atomic mass is 16.5. The van der Waals surface area contributed by atoms with Crippen LogP contribution in [0.25, 0.3) is 0 Å². The molecule has 0 amide bonds. The predicted octanol–water partition coefficient (Wildman–Crippen LogP) is 3.55. The Hall–Kier alpha value is -1.06. The van der Waals surface area contributed by atoms with Crippen LogP contribution in [0, 0.1) is 0 Å². The third-order valence-corrected chi connectivity index (χ3v) is 2.83. The van der Waals surface area contributed by atoms with Gasteiger partial charge in [0.25, 0.3) is 0 Å². The first kappa shape index (κ1) is 16.0. The van der Waals surface area contributed by atoms with Gasteiger partial charge in [0.05, 0.1) is 25.4 Å². The lowest BCUT2D eigenvalue weighted by atomic mass is 10.1. The molecule has 3 heteroatoms. The first-order valence-corrected chi connectivity index (χ1v) is 7.25. The molecule has 1 aromatic carbocycles. The molecule has 1 atom stereocenters. The molecular weight excluding hydrogens is 238 g/mol. The summed E-state index contributed by atoms with van der Waals surface area (Å²) in [6.07, 6.45) is 1.35. The highest BCUT2D eigenvalue weighted by Crippen LogP contribution is 2.25. The van der Waals surface area contributed by atoms with Gasteiger partial charge in [-0.1, -0.05) is 25.1 Å². The number of nitrogens with one attached hydrogen (secondary N) is 1. The lowest BCUT2D eigenvalue weighted by Crippen LogP contribution is -2.28. The molecule has 0 radical (unpaired) electrons. The van der Waals surface area contributed by atoms with Crippen molar-refractivity contribution in [2.24, 2.45) is 0 Å². The van der Waals surface area contributed by atoms with E-state index in [1.807, 2.05) is 25.1 Å². The number of ether oxygens (including phenoxy) is 2. The van der Waals surface area contributed by atoms with E-state index in [-0.39, 0.29) is 12.1 Å². The van der Waals surface area contributed by atoms with Crippen molar-refractivity contribution in [1.29, 1.82) is 0 Å². The summed E-state index contributed by atoms with van der Waals surface area (Å²) in [4.78, 5) is 0. The van der Waals surface area contributed by atoms with E-state index in [4.69, 9.17) is 9.47 Å². The molecule has 0 aliphatic heterocycles. The summed E-state index contributed by atoms with van der Waals surface area (Å²) in [6.45, 7) is 10.6. The fourth-order valence-electron chi connectivity index (χ4n) is 1.92. The topological polar surface area (TPSA) is 30.5 Å². The SMILES string of the molecule is CCCNC(COC(C)C)c1ccccc1OCC. The second kappa shape index (κ2) is 8.94. The van der Waals surface area contributed by atoms with Crippen molar-refractivity contribution in [3.63, 3.8) is 0 Å². The van der Waals surface area contributed by atoms with E-state index in [9.17, 15) is 0 Å². The van der Waals surface area contributed by atoms with Crippen LogP contribution < -0.4 is 10.1 Å². The molecule has 0 fully saturated rings. The van der Waals surface area contributed by atoms with Gasteiger partial charge in [-0.05, 0) is 39.8 Å². The third kappa shape index (κ3) is 5.62. The van der Waals surface area contributed by atoms with Gasteiger partial charge < -0.3 is 14.8 Å². The van der Waals surface area contributed by atoms with E-state index in [0.29, 0.717) is 13.2 Å². The smallest absolute Gasteiger partial charge is 0.124 e. The van der Waals surface area contributed by atoms with Crippen LogP contribution in [0.2, 0.25) is 0 Å². The Morgan fingerprint density at radius 3 is 2.53 bits per heavy atom. The van der Waals surface area contributed by atoms with Gasteiger partial charge >= 0.3 is 0 Å². The molecule has 0 saturated carbocycles. The lowest BCUT2D eigenvalue weighted by molar-refractivity contribution is 0.0605. The highest BCUT2D eigenvalue weighted by Gasteiger charge is 2.16. The van der Waals surface area contributed by atoms with Crippen molar-refractivity contribution in [2.45, 2.75) is 46.3 Å². The Bertz CT molecular complexity index is 352. The van der Waals surface area contributed by atoms with E-state index >= 15 is 0 Å². The molecule has 1 N–H and O–H groups in total. The zero-order valence-electron chi connectivity index (χ0n) is 12.6. The third-order valence-electron chi connectivity index (χ3n) is 2.83. The minimum atomic E-state index is 0.185. The highest BCUT2D eigenvalue weighted by molar-refractivity contribution is 5.36. The van der Waals surface area contributed by atoms with Gasteiger partial charge in [-0.15, -0.1) is 0 Å². The second-order valence-electron chi connectivity index (χ2n) is 4.86. The molecule has 0 aliphatic carbocycles. The van der Waals surface area contributed by atoms with Crippen LogP contribution in [0.3, 0.4) is 0 Å². The zero-order chi connectivity index (χ0) is 14.1. The van der Waals surface area contributed by atoms with Gasteiger partial charge in [0, 0.05) is 5.56 Å². The largest absolute Gasteiger partial charge is 0.494 e. The van der Waals surface area contributed by atoms with Gasteiger partial charge in [-0.2, -0.15) is 0 Å². The summed E-state index contributed by atoms with van der Waals surface area (Å²) in [7, 11) is 0. The summed E-state index contributed by atoms with van der Waals surface area (Å²) in [5.74, 6) is 0.950. The van der Waals surface area contributed by atoms with Crippen molar-refractivity contribution in [2.75, 3.05) is 19.8 Å². The van der Waals surface area contributed by atoms with Crippen molar-refractivity contribution in [3.8, 4) is 5.75 Å². The van der Waals surface area contributed by atoms with E-state index < -0.39 is 0 Å². The Morgan fingerprint density at radius 2 is 1.89 bits per heavy atom. The zero-order valence-corrected chi connectivity index (χ0v) is 12.6. The lowest BCUT2D eigenvalue weighted by Gasteiger charge is -2.22. The molecule has 0 saturated heterocycles. The molecule has 1 unspecified atom stereocenters. The Labute approximate surface area is 117 Å². The van der Waals surface area contributed by atoms with Crippen LogP contribution in [0.5, 0.6) is 5.75 Å². The maximum atomic E-state index is 5.77. The molecule has 1 aromatic rings. The molecular formula is C16H27NO2. The first-order valence-electron chi connectivity index (χ1n) is 7.25. The summed E-state index contributed by atoms with van der Waals surface area (Å²) in [5, 5.41) is 3.53. The van der Waals surface area contributed by atoms with Crippen LogP contribution >= 0.6 is 0 Å². The standard InChI is InChI=1S/C16H27NO2/c1-5-11-17-15(12-19-13(3)4)14-9-7-8-10-16(14)18-6-2/h7-10,13,15,17H,5-6,11-12H2,1-4H3. The monoisotopic (exact) mass is 265 g/mol. The fourth-order valence-corrected chi connectivity index (χ4v) is 1.92. The Kier molecular flexibility index (Phi) is 7.53. The minimum Gasteiger partial charge on any atom is -0.494 e.